The van der Waals surface area contributed by atoms with Gasteiger partial charge in [0.2, 0.25) is 0 Å². The molecule has 0 amide bonds. The highest BCUT2D eigenvalue weighted by molar-refractivity contribution is 5.75. The number of ether oxygens (including phenoxy) is 1. The molecule has 0 heterocycles. The second-order valence-electron chi connectivity index (χ2n) is 13.4. The summed E-state index contributed by atoms with van der Waals surface area (Å²) in [5, 5.41) is 0. The fraction of sp³-hybridized carbons (Fsp3) is 0.900. The number of carbonyl (C=O) groups is 1. The lowest BCUT2D eigenvalue weighted by Crippen LogP contribution is -2.51. The van der Waals surface area contributed by atoms with Crippen molar-refractivity contribution in [1.82, 2.24) is 0 Å². The number of carbonyl (C=O) groups excluding carboxylic acids is 1. The molecule has 4 rings (SSSR count). The molecule has 4 aliphatic rings. The SMILES string of the molecule is CC(C)CCC[C@@H](C)[C@H]1CC[C@H]2[C@@H]3CC=C4CC(OC(=O)[C@@H](C)N)CC[C@]4(C)[C@H]3CC[C@]12C. The molecule has 0 bridgehead atoms. The number of nitrogens with two attached hydrogens (primary N) is 1. The second-order valence-corrected chi connectivity index (χ2v) is 13.4. The van der Waals surface area contributed by atoms with Gasteiger partial charge in [0.05, 0.1) is 0 Å². The average Bonchev–Trinajstić information content (AvgIpc) is 3.11. The summed E-state index contributed by atoms with van der Waals surface area (Å²) in [7, 11) is 0. The van der Waals surface area contributed by atoms with Gasteiger partial charge in [-0.1, -0.05) is 65.5 Å². The highest BCUT2D eigenvalue weighted by Gasteiger charge is 2.59. The molecule has 0 aromatic heterocycles. The highest BCUT2D eigenvalue weighted by Crippen LogP contribution is 2.67. The van der Waals surface area contributed by atoms with Crippen molar-refractivity contribution in [1.29, 1.82) is 0 Å². The minimum absolute atomic E-state index is 0.0239. The Morgan fingerprint density at radius 2 is 1.82 bits per heavy atom. The van der Waals surface area contributed by atoms with E-state index in [0.717, 1.165) is 54.8 Å². The highest BCUT2D eigenvalue weighted by atomic mass is 16.5. The first-order chi connectivity index (χ1) is 15.6. The Morgan fingerprint density at radius 1 is 1.06 bits per heavy atom. The van der Waals surface area contributed by atoms with Crippen molar-refractivity contribution < 1.29 is 9.53 Å². The van der Waals surface area contributed by atoms with Gasteiger partial charge >= 0.3 is 5.97 Å². The van der Waals surface area contributed by atoms with Crippen molar-refractivity contribution in [3.63, 3.8) is 0 Å². The van der Waals surface area contributed by atoms with Gasteiger partial charge in [-0.25, -0.2) is 0 Å². The van der Waals surface area contributed by atoms with Crippen molar-refractivity contribution in [2.45, 2.75) is 124 Å². The molecule has 4 aliphatic carbocycles. The van der Waals surface area contributed by atoms with E-state index < -0.39 is 6.04 Å². The molecule has 0 aromatic carbocycles. The number of esters is 1. The van der Waals surface area contributed by atoms with Crippen LogP contribution in [0.25, 0.3) is 0 Å². The molecule has 2 N–H and O–H groups in total. The summed E-state index contributed by atoms with van der Waals surface area (Å²) in [5.41, 5.74) is 8.18. The lowest BCUT2D eigenvalue weighted by atomic mass is 9.47. The zero-order chi connectivity index (χ0) is 24.0. The largest absolute Gasteiger partial charge is 0.461 e. The van der Waals surface area contributed by atoms with Gasteiger partial charge in [-0.2, -0.15) is 0 Å². The Balaban J connectivity index is 1.45. The molecule has 0 spiro atoms. The first-order valence-electron chi connectivity index (χ1n) is 14.2. The minimum atomic E-state index is -0.526. The van der Waals surface area contributed by atoms with Gasteiger partial charge in [0.15, 0.2) is 0 Å². The van der Waals surface area contributed by atoms with Crippen LogP contribution in [0.15, 0.2) is 11.6 Å². The van der Waals surface area contributed by atoms with Crippen molar-refractivity contribution in [3.8, 4) is 0 Å². The van der Waals surface area contributed by atoms with Crippen LogP contribution in [0.4, 0.5) is 0 Å². The number of hydrogen-bond acceptors (Lipinski definition) is 3. The molecular weight excluding hydrogens is 406 g/mol. The molecular formula is C30H51NO2. The van der Waals surface area contributed by atoms with Gasteiger partial charge in [0.1, 0.15) is 12.1 Å². The van der Waals surface area contributed by atoms with Crippen molar-refractivity contribution in [2.24, 2.45) is 52.1 Å². The zero-order valence-corrected chi connectivity index (χ0v) is 22.4. The molecule has 3 saturated carbocycles. The maximum Gasteiger partial charge on any atom is 0.322 e. The van der Waals surface area contributed by atoms with Crippen molar-refractivity contribution in [3.05, 3.63) is 11.6 Å². The smallest absolute Gasteiger partial charge is 0.322 e. The Hall–Kier alpha value is -0.830. The monoisotopic (exact) mass is 457 g/mol. The molecule has 0 aromatic rings. The molecule has 0 saturated heterocycles. The van der Waals surface area contributed by atoms with Crippen LogP contribution < -0.4 is 5.73 Å². The van der Waals surface area contributed by atoms with E-state index in [4.69, 9.17) is 10.5 Å². The van der Waals surface area contributed by atoms with E-state index in [1.54, 1.807) is 12.5 Å². The zero-order valence-electron chi connectivity index (χ0n) is 22.4. The van der Waals surface area contributed by atoms with E-state index in [1.807, 2.05) is 0 Å². The van der Waals surface area contributed by atoms with Gasteiger partial charge < -0.3 is 10.5 Å². The van der Waals surface area contributed by atoms with Crippen molar-refractivity contribution >= 4 is 5.97 Å². The standard InChI is InChI=1S/C30H51NO2/c1-19(2)8-7-9-20(3)25-12-13-26-24-11-10-22-18-23(33-28(32)21(4)31)14-16-29(22,5)27(24)15-17-30(25,26)6/h10,19-21,23-27H,7-9,11-18,31H2,1-6H3/t20-,21-,23?,24+,25-,26+,27+,29+,30-/m1/s1. The number of fused-ring (bicyclic) bond motifs is 5. The molecule has 9 atom stereocenters. The van der Waals surface area contributed by atoms with Crippen LogP contribution in [0.5, 0.6) is 0 Å². The number of allylic oxidation sites excluding steroid dienone is 1. The van der Waals surface area contributed by atoms with Gasteiger partial charge in [-0.05, 0) is 98.2 Å². The molecule has 0 radical (unpaired) electrons. The van der Waals surface area contributed by atoms with E-state index in [9.17, 15) is 4.79 Å². The Bertz CT molecular complexity index is 742. The van der Waals surface area contributed by atoms with Crippen LogP contribution >= 0.6 is 0 Å². The summed E-state index contributed by atoms with van der Waals surface area (Å²) in [6.07, 6.45) is 16.9. The fourth-order valence-electron chi connectivity index (χ4n) is 9.02. The summed E-state index contributed by atoms with van der Waals surface area (Å²) >= 11 is 0. The first kappa shape index (κ1) is 25.3. The van der Waals surface area contributed by atoms with Crippen molar-refractivity contribution in [2.75, 3.05) is 0 Å². The molecule has 0 aliphatic heterocycles. The maximum absolute atomic E-state index is 12.1. The van der Waals surface area contributed by atoms with E-state index >= 15 is 0 Å². The molecule has 188 valence electrons. The van der Waals surface area contributed by atoms with E-state index in [1.165, 1.54) is 51.4 Å². The summed E-state index contributed by atoms with van der Waals surface area (Å²) < 4.78 is 5.75. The third-order valence-electron chi connectivity index (χ3n) is 10.9. The summed E-state index contributed by atoms with van der Waals surface area (Å²) in [6.45, 7) is 14.2. The van der Waals surface area contributed by atoms with Gasteiger partial charge in [-0.15, -0.1) is 0 Å². The van der Waals surface area contributed by atoms with Crippen LogP contribution in [-0.4, -0.2) is 18.1 Å². The van der Waals surface area contributed by atoms with Gasteiger partial charge in [0.25, 0.3) is 0 Å². The normalized spacial score (nSPS) is 42.1. The molecule has 3 fully saturated rings. The predicted molar refractivity (Wildman–Crippen MR) is 137 cm³/mol. The fourth-order valence-corrected chi connectivity index (χ4v) is 9.02. The van der Waals surface area contributed by atoms with Crippen LogP contribution in [0.1, 0.15) is 112 Å². The molecule has 33 heavy (non-hydrogen) atoms. The molecule has 3 heteroatoms. The van der Waals surface area contributed by atoms with Crippen LogP contribution in [-0.2, 0) is 9.53 Å². The average molecular weight is 458 g/mol. The van der Waals surface area contributed by atoms with Gasteiger partial charge in [-0.3, -0.25) is 4.79 Å². The number of hydrogen-bond donors (Lipinski definition) is 1. The lowest BCUT2D eigenvalue weighted by molar-refractivity contribution is -0.152. The third-order valence-corrected chi connectivity index (χ3v) is 10.9. The molecule has 1 unspecified atom stereocenters. The number of rotatable bonds is 7. The van der Waals surface area contributed by atoms with Crippen LogP contribution in [0.3, 0.4) is 0 Å². The predicted octanol–water partition coefficient (Wildman–Crippen LogP) is 7.29. The maximum atomic E-state index is 12.1. The summed E-state index contributed by atoms with van der Waals surface area (Å²) in [4.78, 5) is 12.1. The van der Waals surface area contributed by atoms with Gasteiger partial charge in [0, 0.05) is 6.42 Å². The van der Waals surface area contributed by atoms with Crippen LogP contribution in [0.2, 0.25) is 0 Å². The van der Waals surface area contributed by atoms with E-state index in [-0.39, 0.29) is 12.1 Å². The topological polar surface area (TPSA) is 52.3 Å². The van der Waals surface area contributed by atoms with E-state index in [2.05, 4.69) is 40.7 Å². The first-order valence-corrected chi connectivity index (χ1v) is 14.2. The Morgan fingerprint density at radius 3 is 2.52 bits per heavy atom. The summed E-state index contributed by atoms with van der Waals surface area (Å²) in [6, 6.07) is -0.526. The quantitative estimate of drug-likeness (QED) is 0.322. The minimum Gasteiger partial charge on any atom is -0.461 e. The second kappa shape index (κ2) is 9.67. The Labute approximate surface area is 203 Å². The Kier molecular flexibility index (Phi) is 7.40. The summed E-state index contributed by atoms with van der Waals surface area (Å²) in [5.74, 6) is 4.95. The van der Waals surface area contributed by atoms with Crippen LogP contribution in [0, 0.1) is 46.3 Å². The third kappa shape index (κ3) is 4.69. The molecule has 3 nitrogen and oxygen atoms in total. The van der Waals surface area contributed by atoms with E-state index in [0.29, 0.717) is 10.8 Å². The lowest BCUT2D eigenvalue weighted by Gasteiger charge is -2.58.